The average Bonchev–Trinajstić information content (AvgIpc) is 2.51. The van der Waals surface area contributed by atoms with Crippen molar-refractivity contribution in [1.82, 2.24) is 0 Å². The molecule has 2 aliphatic heterocycles. The molecular formula is C10H18O15S2. The number of aliphatic hydroxyl groups excluding tert-OH is 4. The second kappa shape index (κ2) is 8.45. The van der Waals surface area contributed by atoms with Gasteiger partial charge >= 0.3 is 20.8 Å². The maximum Gasteiger partial charge on any atom is 0.397 e. The minimum atomic E-state index is -5.20. The molecule has 27 heavy (non-hydrogen) atoms. The van der Waals surface area contributed by atoms with Gasteiger partial charge in [0.15, 0.2) is 18.7 Å². The summed E-state index contributed by atoms with van der Waals surface area (Å²) in [7, 11) is -10.3. The monoisotopic (exact) mass is 442 g/mol. The normalized spacial score (nSPS) is 41.4. The fraction of sp³-hybridized carbons (Fsp3) is 1.00. The molecule has 6 N–H and O–H groups in total. The van der Waals surface area contributed by atoms with Gasteiger partial charge in [-0.3, -0.25) is 9.11 Å². The molecule has 15 nitrogen and oxygen atoms in total. The lowest BCUT2D eigenvalue weighted by atomic mass is 10.0. The summed E-state index contributed by atoms with van der Waals surface area (Å²) in [4.78, 5) is 0. The quantitative estimate of drug-likeness (QED) is 0.213. The van der Waals surface area contributed by atoms with E-state index >= 15 is 0 Å². The minimum absolute atomic E-state index is 0.487. The second-order valence-corrected chi connectivity index (χ2v) is 7.72. The molecule has 0 unspecified atom stereocenters. The molecule has 0 aromatic heterocycles. The molecule has 0 amide bonds. The summed E-state index contributed by atoms with van der Waals surface area (Å²) in [6.45, 7) is -1.23. The van der Waals surface area contributed by atoms with E-state index in [0.29, 0.717) is 0 Å². The highest BCUT2D eigenvalue weighted by molar-refractivity contribution is 7.81. The van der Waals surface area contributed by atoms with E-state index in [2.05, 4.69) is 8.37 Å². The van der Waals surface area contributed by atoms with Crippen LogP contribution in [0.3, 0.4) is 0 Å². The van der Waals surface area contributed by atoms with Crippen LogP contribution in [0.4, 0.5) is 0 Å². The van der Waals surface area contributed by atoms with Crippen LogP contribution in [-0.4, -0.2) is 109 Å². The van der Waals surface area contributed by atoms with Crippen molar-refractivity contribution in [3.05, 3.63) is 0 Å². The molecular weight excluding hydrogens is 424 g/mol. The average molecular weight is 442 g/mol. The van der Waals surface area contributed by atoms with Gasteiger partial charge in [0.1, 0.15) is 30.5 Å². The Bertz CT molecular complexity index is 706. The van der Waals surface area contributed by atoms with E-state index in [9.17, 15) is 37.3 Å². The molecule has 0 aromatic carbocycles. The minimum Gasteiger partial charge on any atom is -0.387 e. The van der Waals surface area contributed by atoms with E-state index < -0.39 is 83.2 Å². The molecule has 0 saturated carbocycles. The van der Waals surface area contributed by atoms with Crippen molar-refractivity contribution < 1.29 is 68.9 Å². The van der Waals surface area contributed by atoms with Crippen LogP contribution in [0.5, 0.6) is 0 Å². The lowest BCUT2D eigenvalue weighted by molar-refractivity contribution is -0.319. The van der Waals surface area contributed by atoms with Crippen LogP contribution >= 0.6 is 0 Å². The van der Waals surface area contributed by atoms with Crippen LogP contribution in [0, 0.1) is 0 Å². The van der Waals surface area contributed by atoms with E-state index in [0.717, 1.165) is 0 Å². The summed E-state index contributed by atoms with van der Waals surface area (Å²) in [6.07, 6.45) is -14.5. The van der Waals surface area contributed by atoms with Crippen LogP contribution < -0.4 is 0 Å². The highest BCUT2D eigenvalue weighted by atomic mass is 32.3. The maximum absolute atomic E-state index is 11.0. The van der Waals surface area contributed by atoms with Crippen molar-refractivity contribution in [2.24, 2.45) is 0 Å². The topological polar surface area (TPSA) is 236 Å². The predicted molar refractivity (Wildman–Crippen MR) is 77.4 cm³/mol. The van der Waals surface area contributed by atoms with Gasteiger partial charge in [-0.05, 0) is 0 Å². The summed E-state index contributed by atoms with van der Waals surface area (Å²) in [6, 6.07) is 0. The van der Waals surface area contributed by atoms with Gasteiger partial charge in [0.05, 0.1) is 13.2 Å². The third-order valence-electron chi connectivity index (χ3n) is 3.65. The van der Waals surface area contributed by atoms with Crippen LogP contribution in [0.15, 0.2) is 0 Å². The molecule has 0 aliphatic carbocycles. The summed E-state index contributed by atoms with van der Waals surface area (Å²) in [5.41, 5.74) is 0. The zero-order valence-electron chi connectivity index (χ0n) is 13.2. The van der Waals surface area contributed by atoms with Gasteiger partial charge in [0.2, 0.25) is 0 Å². The van der Waals surface area contributed by atoms with E-state index in [-0.39, 0.29) is 0 Å². The van der Waals surface area contributed by atoms with E-state index in [1.54, 1.807) is 0 Å². The first kappa shape index (κ1) is 22.7. The van der Waals surface area contributed by atoms with E-state index in [4.69, 9.17) is 23.3 Å². The molecule has 2 rings (SSSR count). The van der Waals surface area contributed by atoms with Crippen LogP contribution in [-0.2, 0) is 43.4 Å². The van der Waals surface area contributed by atoms with Crippen molar-refractivity contribution >= 4 is 20.8 Å². The molecule has 2 fully saturated rings. The number of ether oxygens (including phenoxy) is 3. The van der Waals surface area contributed by atoms with Gasteiger partial charge in [-0.2, -0.15) is 16.8 Å². The zero-order valence-corrected chi connectivity index (χ0v) is 14.8. The smallest absolute Gasteiger partial charge is 0.387 e. The van der Waals surface area contributed by atoms with Gasteiger partial charge < -0.3 is 34.6 Å². The Kier molecular flexibility index (Phi) is 7.12. The fourth-order valence-corrected chi connectivity index (χ4v) is 3.39. The second-order valence-electron chi connectivity index (χ2n) is 5.62. The first-order valence-corrected chi connectivity index (χ1v) is 9.94. The number of hydrogen-bond donors (Lipinski definition) is 6. The lowest BCUT2D eigenvalue weighted by Gasteiger charge is -2.41. The van der Waals surface area contributed by atoms with E-state index in [1.165, 1.54) is 0 Å². The molecule has 0 aromatic rings. The van der Waals surface area contributed by atoms with Gasteiger partial charge in [0, 0.05) is 0 Å². The molecule has 0 spiro atoms. The molecule has 8 atom stereocenters. The van der Waals surface area contributed by atoms with Gasteiger partial charge in [-0.1, -0.05) is 0 Å². The third kappa shape index (κ3) is 6.22. The highest BCUT2D eigenvalue weighted by Crippen LogP contribution is 2.27. The zero-order chi connectivity index (χ0) is 20.6. The Hall–Kier alpha value is -0.540. The Morgan fingerprint density at radius 1 is 0.741 bits per heavy atom. The molecule has 2 aliphatic rings. The van der Waals surface area contributed by atoms with Crippen molar-refractivity contribution in [2.75, 3.05) is 13.2 Å². The van der Waals surface area contributed by atoms with Gasteiger partial charge in [-0.25, -0.2) is 8.37 Å². The van der Waals surface area contributed by atoms with Crippen LogP contribution in [0.25, 0.3) is 0 Å². The van der Waals surface area contributed by atoms with Crippen LogP contribution in [0.1, 0.15) is 0 Å². The van der Waals surface area contributed by atoms with Crippen molar-refractivity contribution in [3.63, 3.8) is 0 Å². The SMILES string of the molecule is O=S(=O)(O)O[C@H]1[C@H](O[C@@H]2CO[C@@H](O)[C@H](O)[C@H]2O)OC[C@@H](OS(=O)(=O)O)[C@@H]1O. The molecule has 160 valence electrons. The largest absolute Gasteiger partial charge is 0.397 e. The van der Waals surface area contributed by atoms with E-state index in [1.807, 2.05) is 0 Å². The summed E-state index contributed by atoms with van der Waals surface area (Å²) in [5, 5.41) is 38.7. The standard InChI is InChI=1S/C10H18O15S2/c11-5-3(1-21-9(14)7(5)13)23-10-8(25-27(18,19)20)6(12)4(2-22-10)24-26(15,16)17/h3-14H,1-2H2,(H,15,16,17)(H,18,19,20)/t3-,4-,5+,6+,7-,8-,9-,10+/m1/s1. The summed E-state index contributed by atoms with van der Waals surface area (Å²) < 4.78 is 84.2. The van der Waals surface area contributed by atoms with Gasteiger partial charge in [0.25, 0.3) is 0 Å². The van der Waals surface area contributed by atoms with Crippen molar-refractivity contribution in [2.45, 2.75) is 49.2 Å². The van der Waals surface area contributed by atoms with Crippen molar-refractivity contribution in [1.29, 1.82) is 0 Å². The Morgan fingerprint density at radius 3 is 1.85 bits per heavy atom. The molecule has 2 heterocycles. The molecule has 0 bridgehead atoms. The van der Waals surface area contributed by atoms with Crippen molar-refractivity contribution in [3.8, 4) is 0 Å². The van der Waals surface area contributed by atoms with Gasteiger partial charge in [-0.15, -0.1) is 0 Å². The number of hydrogen-bond acceptors (Lipinski definition) is 13. The van der Waals surface area contributed by atoms with Crippen LogP contribution in [0.2, 0.25) is 0 Å². The first-order valence-electron chi connectivity index (χ1n) is 7.21. The highest BCUT2D eigenvalue weighted by Gasteiger charge is 2.48. The Morgan fingerprint density at radius 2 is 1.30 bits per heavy atom. The Labute approximate surface area is 152 Å². The number of aliphatic hydroxyl groups is 4. The fourth-order valence-electron chi connectivity index (χ4n) is 2.43. The molecule has 2 saturated heterocycles. The summed E-state index contributed by atoms with van der Waals surface area (Å²) in [5.74, 6) is 0. The first-order chi connectivity index (χ1) is 12.3. The summed E-state index contributed by atoms with van der Waals surface area (Å²) >= 11 is 0. The number of rotatable bonds is 6. The third-order valence-corrected chi connectivity index (χ3v) is 4.61. The predicted octanol–water partition coefficient (Wildman–Crippen LogP) is -4.46. The molecule has 17 heteroatoms. The maximum atomic E-state index is 11.0. The Balaban J connectivity index is 2.16. The molecule has 0 radical (unpaired) electrons. The lowest BCUT2D eigenvalue weighted by Crippen LogP contribution is -2.60.